The Morgan fingerprint density at radius 3 is 2.67 bits per heavy atom. The lowest BCUT2D eigenvalue weighted by molar-refractivity contribution is -0.138. The highest BCUT2D eigenvalue weighted by Crippen LogP contribution is 2.18. The summed E-state index contributed by atoms with van der Waals surface area (Å²) in [6, 6.07) is 3.14. The molecule has 0 unspecified atom stereocenters. The van der Waals surface area contributed by atoms with Crippen molar-refractivity contribution in [2.45, 2.75) is 17.9 Å². The van der Waals surface area contributed by atoms with E-state index in [0.717, 1.165) is 25.1 Å². The molecule has 1 rings (SSSR count). The van der Waals surface area contributed by atoms with Gasteiger partial charge in [0.2, 0.25) is 10.0 Å². The van der Waals surface area contributed by atoms with E-state index in [0.29, 0.717) is 0 Å². The molecule has 0 saturated carbocycles. The summed E-state index contributed by atoms with van der Waals surface area (Å²) in [4.78, 5) is 9.98. The molecule has 0 bridgehead atoms. The van der Waals surface area contributed by atoms with Crippen molar-refractivity contribution in [3.05, 3.63) is 29.6 Å². The molecule has 0 fully saturated rings. The molecule has 0 aliphatic rings. The quantitative estimate of drug-likeness (QED) is 0.827. The van der Waals surface area contributed by atoms with Gasteiger partial charge in [-0.3, -0.25) is 4.79 Å². The maximum absolute atomic E-state index is 13.2. The van der Waals surface area contributed by atoms with E-state index in [-0.39, 0.29) is 0 Å². The minimum absolute atomic E-state index is 0.585. The molecule has 2 N–H and O–H groups in total. The Kier molecular flexibility index (Phi) is 4.00. The third-order valence-electron chi connectivity index (χ3n) is 2.08. The number of rotatable bonds is 4. The van der Waals surface area contributed by atoms with E-state index in [1.807, 2.05) is 4.72 Å². The van der Waals surface area contributed by atoms with Crippen molar-refractivity contribution < 1.29 is 22.7 Å². The number of benzene rings is 1. The molecule has 0 aliphatic heterocycles. The number of carboxylic acid groups (broad SMARTS) is 1. The number of nitrogens with zero attached hydrogens (tertiary/aromatic N) is 1. The number of halogens is 1. The van der Waals surface area contributed by atoms with Crippen LogP contribution in [0.1, 0.15) is 12.5 Å². The smallest absolute Gasteiger partial charge is 0.321 e. The van der Waals surface area contributed by atoms with Crippen molar-refractivity contribution in [2.24, 2.45) is 0 Å². The van der Waals surface area contributed by atoms with Crippen LogP contribution in [-0.4, -0.2) is 25.5 Å². The summed E-state index contributed by atoms with van der Waals surface area (Å²) in [5.41, 5.74) is -0.650. The van der Waals surface area contributed by atoms with Gasteiger partial charge in [-0.1, -0.05) is 6.07 Å². The maximum Gasteiger partial charge on any atom is 0.321 e. The number of sulfonamides is 1. The molecule has 0 spiro atoms. The molecule has 1 aromatic rings. The Hall–Kier alpha value is -1.98. The minimum atomic E-state index is -4.26. The van der Waals surface area contributed by atoms with E-state index < -0.39 is 38.3 Å². The molecule has 0 saturated heterocycles. The van der Waals surface area contributed by atoms with Crippen LogP contribution >= 0.6 is 0 Å². The largest absolute Gasteiger partial charge is 0.480 e. The van der Waals surface area contributed by atoms with Gasteiger partial charge >= 0.3 is 5.97 Å². The topological polar surface area (TPSA) is 107 Å². The lowest BCUT2D eigenvalue weighted by Gasteiger charge is -2.11. The first-order valence-electron chi connectivity index (χ1n) is 4.73. The Labute approximate surface area is 103 Å². The van der Waals surface area contributed by atoms with Gasteiger partial charge in [0.15, 0.2) is 0 Å². The van der Waals surface area contributed by atoms with E-state index in [2.05, 4.69) is 0 Å². The molecule has 18 heavy (non-hydrogen) atoms. The Morgan fingerprint density at radius 1 is 1.56 bits per heavy atom. The number of carboxylic acids is 1. The minimum Gasteiger partial charge on any atom is -0.480 e. The monoisotopic (exact) mass is 272 g/mol. The van der Waals surface area contributed by atoms with Crippen LogP contribution in [0.15, 0.2) is 23.1 Å². The summed E-state index contributed by atoms with van der Waals surface area (Å²) in [7, 11) is -4.26. The second-order valence-corrected chi connectivity index (χ2v) is 5.09. The summed E-state index contributed by atoms with van der Waals surface area (Å²) in [5.74, 6) is -2.36. The average molecular weight is 272 g/mol. The fraction of sp³-hybridized carbons (Fsp3) is 0.200. The lowest BCUT2D eigenvalue weighted by atomic mass is 10.2. The molecule has 0 amide bonds. The highest BCUT2D eigenvalue weighted by atomic mass is 32.2. The van der Waals surface area contributed by atoms with Gasteiger partial charge < -0.3 is 5.11 Å². The zero-order valence-electron chi connectivity index (χ0n) is 9.21. The van der Waals surface area contributed by atoms with Crippen LogP contribution in [0.2, 0.25) is 0 Å². The number of hydrogen-bond donors (Lipinski definition) is 2. The van der Waals surface area contributed by atoms with Gasteiger partial charge in [-0.25, -0.2) is 12.8 Å². The lowest BCUT2D eigenvalue weighted by Crippen LogP contribution is -2.38. The van der Waals surface area contributed by atoms with Gasteiger partial charge in [-0.05, 0) is 19.1 Å². The summed E-state index contributed by atoms with van der Waals surface area (Å²) in [6.45, 7) is 1.12. The Balaban J connectivity index is 3.27. The van der Waals surface area contributed by atoms with Crippen LogP contribution in [0.25, 0.3) is 0 Å². The molecule has 8 heteroatoms. The molecule has 1 aromatic carbocycles. The predicted molar refractivity (Wildman–Crippen MR) is 58.5 cm³/mol. The average Bonchev–Trinajstić information content (AvgIpc) is 2.27. The van der Waals surface area contributed by atoms with Crippen LogP contribution in [0.4, 0.5) is 4.39 Å². The van der Waals surface area contributed by atoms with Gasteiger partial charge in [0.25, 0.3) is 0 Å². The normalized spacial score (nSPS) is 12.7. The van der Waals surface area contributed by atoms with E-state index in [9.17, 15) is 17.6 Å². The molecular formula is C10H9FN2O4S. The molecule has 1 atom stereocenters. The van der Waals surface area contributed by atoms with Crippen LogP contribution in [0, 0.1) is 17.1 Å². The molecular weight excluding hydrogens is 263 g/mol. The van der Waals surface area contributed by atoms with Crippen LogP contribution in [-0.2, 0) is 14.8 Å². The second-order valence-electron chi connectivity index (χ2n) is 3.41. The van der Waals surface area contributed by atoms with Crippen molar-refractivity contribution in [1.29, 1.82) is 5.26 Å². The summed E-state index contributed by atoms with van der Waals surface area (Å²) in [6.07, 6.45) is 0. The Bertz CT molecular complexity index is 621. The Morgan fingerprint density at radius 2 is 2.17 bits per heavy atom. The molecule has 6 nitrogen and oxygen atoms in total. The maximum atomic E-state index is 13.2. The predicted octanol–water partition coefficient (Wildman–Crippen LogP) is 0.449. The first-order valence-corrected chi connectivity index (χ1v) is 6.21. The first-order chi connectivity index (χ1) is 8.29. The zero-order valence-corrected chi connectivity index (χ0v) is 10.0. The molecule has 96 valence electrons. The fourth-order valence-corrected chi connectivity index (χ4v) is 2.55. The van der Waals surface area contributed by atoms with Crippen molar-refractivity contribution in [3.8, 4) is 6.07 Å². The number of hydrogen-bond acceptors (Lipinski definition) is 4. The van der Waals surface area contributed by atoms with Crippen molar-refractivity contribution >= 4 is 16.0 Å². The van der Waals surface area contributed by atoms with E-state index in [1.54, 1.807) is 0 Å². The van der Waals surface area contributed by atoms with Crippen LogP contribution in [0.3, 0.4) is 0 Å². The summed E-state index contributed by atoms with van der Waals surface area (Å²) in [5, 5.41) is 17.3. The zero-order chi connectivity index (χ0) is 13.9. The van der Waals surface area contributed by atoms with Crippen LogP contribution in [0.5, 0.6) is 0 Å². The highest BCUT2D eigenvalue weighted by Gasteiger charge is 2.25. The van der Waals surface area contributed by atoms with Crippen LogP contribution < -0.4 is 4.72 Å². The fourth-order valence-electron chi connectivity index (χ4n) is 1.18. The molecule has 0 radical (unpaired) electrons. The second kappa shape index (κ2) is 5.12. The third-order valence-corrected chi connectivity index (χ3v) is 3.66. The summed E-state index contributed by atoms with van der Waals surface area (Å²) < 4.78 is 38.6. The van der Waals surface area contributed by atoms with Gasteiger partial charge in [0.05, 0.1) is 0 Å². The van der Waals surface area contributed by atoms with Gasteiger partial charge in [-0.2, -0.15) is 9.98 Å². The van der Waals surface area contributed by atoms with Gasteiger partial charge in [0, 0.05) is 0 Å². The van der Waals surface area contributed by atoms with Crippen molar-refractivity contribution in [1.82, 2.24) is 4.72 Å². The number of nitriles is 1. The van der Waals surface area contributed by atoms with Gasteiger partial charge in [0.1, 0.15) is 28.4 Å². The highest BCUT2D eigenvalue weighted by molar-refractivity contribution is 7.89. The standard InChI is InChI=1S/C10H9FN2O4S/c1-6(10(14)15)13-18(16,17)9-4-2-3-8(11)7(9)5-12/h2-4,6,13H,1H3,(H,14,15)/t6-/m0/s1. The molecule has 0 aromatic heterocycles. The van der Waals surface area contributed by atoms with Crippen molar-refractivity contribution in [2.75, 3.05) is 0 Å². The molecule has 0 aliphatic carbocycles. The van der Waals surface area contributed by atoms with Gasteiger partial charge in [-0.15, -0.1) is 0 Å². The third kappa shape index (κ3) is 2.82. The number of aliphatic carboxylic acids is 1. The van der Waals surface area contributed by atoms with E-state index in [4.69, 9.17) is 10.4 Å². The first kappa shape index (κ1) is 14.1. The van der Waals surface area contributed by atoms with E-state index in [1.165, 1.54) is 6.07 Å². The number of carbonyl (C=O) groups is 1. The number of nitrogens with one attached hydrogen (secondary N) is 1. The SMILES string of the molecule is C[C@H](NS(=O)(=O)c1cccc(F)c1C#N)C(=O)O. The van der Waals surface area contributed by atoms with E-state index >= 15 is 0 Å². The van der Waals surface area contributed by atoms with Crippen molar-refractivity contribution in [3.63, 3.8) is 0 Å². The molecule has 0 heterocycles. The summed E-state index contributed by atoms with van der Waals surface area (Å²) >= 11 is 0.